The monoisotopic (exact) mass is 256 g/mol. The van der Waals surface area contributed by atoms with Gasteiger partial charge in [-0.25, -0.2) is 8.78 Å². The predicted octanol–water partition coefficient (Wildman–Crippen LogP) is 1.80. The highest BCUT2D eigenvalue weighted by molar-refractivity contribution is 5.33. The van der Waals surface area contributed by atoms with E-state index in [-0.39, 0.29) is 11.8 Å². The number of hydrogen-bond acceptors (Lipinski definition) is 3. The quantitative estimate of drug-likeness (QED) is 0.889. The average molecular weight is 256 g/mol. The third kappa shape index (κ3) is 2.33. The molecule has 3 nitrogen and oxygen atoms in total. The van der Waals surface area contributed by atoms with Crippen LogP contribution in [-0.2, 0) is 0 Å². The van der Waals surface area contributed by atoms with Gasteiger partial charge in [-0.3, -0.25) is 0 Å². The molecule has 0 aromatic heterocycles. The van der Waals surface area contributed by atoms with Crippen molar-refractivity contribution in [2.24, 2.45) is 5.92 Å². The molecule has 0 amide bonds. The lowest BCUT2D eigenvalue weighted by atomic mass is 9.87. The number of rotatable bonds is 4. The van der Waals surface area contributed by atoms with Crippen molar-refractivity contribution in [1.29, 1.82) is 0 Å². The summed E-state index contributed by atoms with van der Waals surface area (Å²) in [6.07, 6.45) is 0. The first-order valence-corrected chi connectivity index (χ1v) is 5.94. The van der Waals surface area contributed by atoms with Crippen molar-refractivity contribution < 1.29 is 13.5 Å². The molecule has 1 aromatic rings. The Morgan fingerprint density at radius 1 is 1.28 bits per heavy atom. The lowest BCUT2D eigenvalue weighted by Crippen LogP contribution is -2.48. The minimum absolute atomic E-state index is 0.0551. The van der Waals surface area contributed by atoms with Crippen LogP contribution in [0, 0.1) is 17.6 Å². The van der Waals surface area contributed by atoms with E-state index in [4.69, 9.17) is 4.74 Å². The maximum Gasteiger partial charge on any atom is 0.165 e. The van der Waals surface area contributed by atoms with Gasteiger partial charge in [0.15, 0.2) is 11.6 Å². The second-order valence-electron chi connectivity index (χ2n) is 4.84. The van der Waals surface area contributed by atoms with Crippen molar-refractivity contribution in [2.45, 2.75) is 6.04 Å². The van der Waals surface area contributed by atoms with Gasteiger partial charge in [-0.1, -0.05) is 0 Å². The third-order valence-electron chi connectivity index (χ3n) is 3.41. The van der Waals surface area contributed by atoms with Gasteiger partial charge in [0.2, 0.25) is 0 Å². The van der Waals surface area contributed by atoms with Crippen LogP contribution in [0.3, 0.4) is 0 Å². The number of benzene rings is 1. The average Bonchev–Trinajstić information content (AvgIpc) is 2.25. The molecule has 1 unspecified atom stereocenters. The summed E-state index contributed by atoms with van der Waals surface area (Å²) in [6.45, 7) is 1.66. The van der Waals surface area contributed by atoms with Crippen molar-refractivity contribution in [3.05, 3.63) is 29.3 Å². The number of methoxy groups -OCH3 is 1. The second-order valence-corrected chi connectivity index (χ2v) is 4.84. The van der Waals surface area contributed by atoms with Gasteiger partial charge in [0.1, 0.15) is 5.82 Å². The molecule has 100 valence electrons. The Kier molecular flexibility index (Phi) is 3.82. The summed E-state index contributed by atoms with van der Waals surface area (Å²) >= 11 is 0. The van der Waals surface area contributed by atoms with Gasteiger partial charge < -0.3 is 15.0 Å². The third-order valence-corrected chi connectivity index (χ3v) is 3.41. The van der Waals surface area contributed by atoms with E-state index in [1.54, 1.807) is 0 Å². The van der Waals surface area contributed by atoms with Gasteiger partial charge in [0.25, 0.3) is 0 Å². The fourth-order valence-electron chi connectivity index (χ4n) is 2.42. The van der Waals surface area contributed by atoms with E-state index in [1.165, 1.54) is 13.2 Å². The van der Waals surface area contributed by atoms with Crippen molar-refractivity contribution in [2.75, 3.05) is 34.3 Å². The molecule has 1 aromatic carbocycles. The van der Waals surface area contributed by atoms with Crippen LogP contribution in [0.25, 0.3) is 0 Å². The smallest absolute Gasteiger partial charge is 0.165 e. The Labute approximate surface area is 106 Å². The first kappa shape index (κ1) is 13.2. The number of halogens is 2. The maximum absolute atomic E-state index is 14.1. The Balaban J connectivity index is 2.38. The zero-order chi connectivity index (χ0) is 13.3. The second kappa shape index (κ2) is 5.20. The van der Waals surface area contributed by atoms with E-state index in [0.29, 0.717) is 11.5 Å². The number of hydrogen-bond donors (Lipinski definition) is 1. The van der Waals surface area contributed by atoms with Crippen LogP contribution in [0.15, 0.2) is 12.1 Å². The molecule has 0 spiro atoms. The molecule has 0 saturated carbocycles. The van der Waals surface area contributed by atoms with E-state index in [2.05, 4.69) is 5.32 Å². The van der Waals surface area contributed by atoms with E-state index < -0.39 is 11.6 Å². The van der Waals surface area contributed by atoms with Crippen LogP contribution in [0.2, 0.25) is 0 Å². The Morgan fingerprint density at radius 2 is 1.94 bits per heavy atom. The van der Waals surface area contributed by atoms with Gasteiger partial charge in [-0.05, 0) is 20.2 Å². The molecule has 5 heteroatoms. The van der Waals surface area contributed by atoms with Crippen molar-refractivity contribution in [1.82, 2.24) is 10.2 Å². The summed E-state index contributed by atoms with van der Waals surface area (Å²) in [5.74, 6) is -0.685. The molecule has 1 heterocycles. The van der Waals surface area contributed by atoms with Crippen LogP contribution < -0.4 is 10.1 Å². The fraction of sp³-hybridized carbons (Fsp3) is 0.538. The Morgan fingerprint density at radius 3 is 2.39 bits per heavy atom. The van der Waals surface area contributed by atoms with Crippen molar-refractivity contribution in [3.8, 4) is 5.75 Å². The predicted molar refractivity (Wildman–Crippen MR) is 65.7 cm³/mol. The van der Waals surface area contributed by atoms with Gasteiger partial charge >= 0.3 is 0 Å². The molecular weight excluding hydrogens is 238 g/mol. The van der Waals surface area contributed by atoms with E-state index >= 15 is 0 Å². The topological polar surface area (TPSA) is 24.5 Å². The number of ether oxygens (including phenoxy) is 1. The molecular formula is C13H18F2N2O. The Hall–Kier alpha value is -1.20. The van der Waals surface area contributed by atoms with E-state index in [0.717, 1.165) is 19.2 Å². The van der Waals surface area contributed by atoms with E-state index in [1.807, 2.05) is 19.0 Å². The first-order valence-electron chi connectivity index (χ1n) is 5.94. The summed E-state index contributed by atoms with van der Waals surface area (Å²) < 4.78 is 32.5. The molecule has 1 fully saturated rings. The molecule has 1 atom stereocenters. The van der Waals surface area contributed by atoms with Gasteiger partial charge in [-0.2, -0.15) is 0 Å². The van der Waals surface area contributed by atoms with Crippen LogP contribution in [0.4, 0.5) is 8.78 Å². The number of nitrogens with one attached hydrogen (secondary N) is 1. The van der Waals surface area contributed by atoms with E-state index in [9.17, 15) is 8.78 Å². The molecule has 2 rings (SSSR count). The summed E-state index contributed by atoms with van der Waals surface area (Å²) in [5.41, 5.74) is 0.393. The maximum atomic E-state index is 14.1. The lowest BCUT2D eigenvalue weighted by molar-refractivity contribution is 0.156. The largest absolute Gasteiger partial charge is 0.494 e. The minimum Gasteiger partial charge on any atom is -0.494 e. The zero-order valence-corrected chi connectivity index (χ0v) is 10.8. The standard InChI is InChI=1S/C13H18F2N2O/c1-17(2)13(8-6-16-7-8)9-4-11(15)12(18-3)5-10(9)14/h4-5,8,13,16H,6-7H2,1-3H3. The zero-order valence-electron chi connectivity index (χ0n) is 10.8. The first-order chi connectivity index (χ1) is 8.54. The molecule has 1 aliphatic heterocycles. The summed E-state index contributed by atoms with van der Waals surface area (Å²) in [6, 6.07) is 2.25. The highest BCUT2D eigenvalue weighted by Crippen LogP contribution is 2.33. The molecule has 0 radical (unpaired) electrons. The van der Waals surface area contributed by atoms with Crippen LogP contribution in [0.1, 0.15) is 11.6 Å². The van der Waals surface area contributed by atoms with Crippen molar-refractivity contribution >= 4 is 0 Å². The SMILES string of the molecule is COc1cc(F)c(C(C2CNC2)N(C)C)cc1F. The minimum atomic E-state index is -0.520. The molecule has 0 aliphatic carbocycles. The molecule has 1 aliphatic rings. The van der Waals surface area contributed by atoms with Crippen LogP contribution in [0.5, 0.6) is 5.75 Å². The van der Waals surface area contributed by atoms with Gasteiger partial charge in [-0.15, -0.1) is 0 Å². The highest BCUT2D eigenvalue weighted by atomic mass is 19.1. The molecule has 1 N–H and O–H groups in total. The van der Waals surface area contributed by atoms with Gasteiger partial charge in [0.05, 0.1) is 7.11 Å². The fourth-order valence-corrected chi connectivity index (χ4v) is 2.42. The van der Waals surface area contributed by atoms with Crippen LogP contribution >= 0.6 is 0 Å². The van der Waals surface area contributed by atoms with Crippen LogP contribution in [-0.4, -0.2) is 39.2 Å². The molecule has 18 heavy (non-hydrogen) atoms. The summed E-state index contributed by atoms with van der Waals surface area (Å²) in [7, 11) is 5.09. The van der Waals surface area contributed by atoms with Crippen molar-refractivity contribution in [3.63, 3.8) is 0 Å². The lowest BCUT2D eigenvalue weighted by Gasteiger charge is -2.39. The number of nitrogens with zero attached hydrogens (tertiary/aromatic N) is 1. The normalized spacial score (nSPS) is 17.7. The Bertz CT molecular complexity index is 433. The summed E-state index contributed by atoms with van der Waals surface area (Å²) in [5, 5.41) is 3.16. The summed E-state index contributed by atoms with van der Waals surface area (Å²) in [4.78, 5) is 1.93. The van der Waals surface area contributed by atoms with Gasteiger partial charge in [0, 0.05) is 36.7 Å². The molecule has 1 saturated heterocycles. The molecule has 0 bridgehead atoms. The highest BCUT2D eigenvalue weighted by Gasteiger charge is 2.32.